The Morgan fingerprint density at radius 3 is 1.92 bits per heavy atom. The molecule has 0 radical (unpaired) electrons. The maximum absolute atomic E-state index is 9.33. The maximum Gasteiger partial charge on any atom is 0.108 e. The van der Waals surface area contributed by atoms with Gasteiger partial charge in [0.05, 0.1) is 12.2 Å². The van der Waals surface area contributed by atoms with Crippen LogP contribution in [0.5, 0.6) is 0 Å². The minimum absolute atomic E-state index is 0.102. The van der Waals surface area contributed by atoms with E-state index in [0.717, 1.165) is 0 Å². The summed E-state index contributed by atoms with van der Waals surface area (Å²) in [5, 5.41) is 36.3. The predicted molar refractivity (Wildman–Crippen MR) is 41.2 cm³/mol. The molecule has 0 aromatic rings. The quantitative estimate of drug-likeness (QED) is 0.318. The van der Waals surface area contributed by atoms with Crippen LogP contribution in [0.3, 0.4) is 0 Å². The van der Waals surface area contributed by atoms with Crippen molar-refractivity contribution >= 4 is 0 Å². The molecule has 1 aliphatic carbocycles. The number of hydrogen-bond acceptors (Lipinski definition) is 5. The van der Waals surface area contributed by atoms with E-state index in [9.17, 15) is 15.3 Å². The summed E-state index contributed by atoms with van der Waals surface area (Å²) in [6.07, 6.45) is -2.99. The van der Waals surface area contributed by atoms with Crippen molar-refractivity contribution in [2.24, 2.45) is 11.7 Å². The average Bonchev–Trinajstić information content (AvgIpc) is 2.23. The van der Waals surface area contributed by atoms with Crippen LogP contribution in [0.1, 0.15) is 6.42 Å². The fraction of sp³-hybridized carbons (Fsp3) is 1.00. The number of rotatable bonds is 2. The second-order valence-electron chi connectivity index (χ2n) is 3.23. The minimum Gasteiger partial charge on any atom is -0.396 e. The van der Waals surface area contributed by atoms with Crippen molar-refractivity contribution in [3.8, 4) is 0 Å². The molecular weight excluding hydrogens is 162 g/mol. The minimum atomic E-state index is -1.18. The summed E-state index contributed by atoms with van der Waals surface area (Å²) in [4.78, 5) is 0. The van der Waals surface area contributed by atoms with E-state index in [0.29, 0.717) is 6.42 Å². The molecule has 1 fully saturated rings. The highest BCUT2D eigenvalue weighted by Crippen LogP contribution is 2.28. The molecule has 5 atom stereocenters. The molecule has 0 heterocycles. The fourth-order valence-electron chi connectivity index (χ4n) is 1.68. The Balaban J connectivity index is 2.62. The highest BCUT2D eigenvalue weighted by atomic mass is 16.4. The maximum atomic E-state index is 9.33. The number of aliphatic hydroxyl groups excluding tert-OH is 4. The molecule has 1 rings (SSSR count). The third-order valence-corrected chi connectivity index (χ3v) is 2.49. The van der Waals surface area contributed by atoms with Crippen LogP contribution in [-0.2, 0) is 0 Å². The highest BCUT2D eigenvalue weighted by molar-refractivity contribution is 5.00. The zero-order chi connectivity index (χ0) is 9.30. The molecule has 5 nitrogen and oxygen atoms in total. The lowest BCUT2D eigenvalue weighted by Crippen LogP contribution is -2.38. The Labute approximate surface area is 70.4 Å². The molecule has 12 heavy (non-hydrogen) atoms. The smallest absolute Gasteiger partial charge is 0.108 e. The predicted octanol–water partition coefficient (Wildman–Crippen LogP) is -2.59. The summed E-state index contributed by atoms with van der Waals surface area (Å²) in [6, 6.07) is -0.651. The molecule has 0 aliphatic heterocycles. The summed E-state index contributed by atoms with van der Waals surface area (Å²) in [5.41, 5.74) is 5.51. The molecule has 0 aromatic heterocycles. The van der Waals surface area contributed by atoms with E-state index in [2.05, 4.69) is 0 Å². The van der Waals surface area contributed by atoms with E-state index in [-0.39, 0.29) is 6.61 Å². The van der Waals surface area contributed by atoms with E-state index in [1.807, 2.05) is 0 Å². The van der Waals surface area contributed by atoms with Gasteiger partial charge in [-0.15, -0.1) is 0 Å². The summed E-state index contributed by atoms with van der Waals surface area (Å²) < 4.78 is 0. The Bertz CT molecular complexity index is 140. The van der Waals surface area contributed by atoms with Crippen LogP contribution in [0.2, 0.25) is 0 Å². The van der Waals surface area contributed by atoms with Crippen LogP contribution >= 0.6 is 0 Å². The summed E-state index contributed by atoms with van der Waals surface area (Å²) in [7, 11) is 0. The van der Waals surface area contributed by atoms with E-state index >= 15 is 0 Å². The van der Waals surface area contributed by atoms with Gasteiger partial charge in [-0.05, 0) is 6.42 Å². The van der Waals surface area contributed by atoms with Crippen molar-refractivity contribution in [2.75, 3.05) is 6.61 Å². The van der Waals surface area contributed by atoms with Gasteiger partial charge in [-0.25, -0.2) is 0 Å². The standard InChI is InChI=1S/C7H15NO4/c8-4-3(1-2-9)5(10)7(12)6(4)11/h3-7,9-12H,1-2,8H2/t3-,4-,5-,6-,7+/m0/s1. The zero-order valence-corrected chi connectivity index (χ0v) is 6.67. The van der Waals surface area contributed by atoms with Gasteiger partial charge in [0.1, 0.15) is 6.10 Å². The van der Waals surface area contributed by atoms with E-state index in [1.165, 1.54) is 0 Å². The average molecular weight is 177 g/mol. The van der Waals surface area contributed by atoms with Crippen LogP contribution in [-0.4, -0.2) is 51.4 Å². The Morgan fingerprint density at radius 1 is 1.00 bits per heavy atom. The molecule has 6 N–H and O–H groups in total. The van der Waals surface area contributed by atoms with Crippen molar-refractivity contribution < 1.29 is 20.4 Å². The first-order valence-electron chi connectivity index (χ1n) is 4.00. The molecule has 0 aromatic carbocycles. The molecule has 0 spiro atoms. The first-order valence-corrected chi connectivity index (χ1v) is 4.00. The first-order chi connectivity index (χ1) is 5.59. The zero-order valence-electron chi connectivity index (χ0n) is 6.67. The Kier molecular flexibility index (Phi) is 3.03. The fourth-order valence-corrected chi connectivity index (χ4v) is 1.68. The molecule has 72 valence electrons. The molecule has 0 saturated heterocycles. The van der Waals surface area contributed by atoms with Gasteiger partial charge in [0, 0.05) is 18.6 Å². The van der Waals surface area contributed by atoms with Crippen molar-refractivity contribution in [3.05, 3.63) is 0 Å². The second kappa shape index (κ2) is 3.68. The summed E-state index contributed by atoms with van der Waals surface area (Å²) >= 11 is 0. The molecule has 0 amide bonds. The lowest BCUT2D eigenvalue weighted by Gasteiger charge is -2.17. The number of aliphatic hydroxyl groups is 4. The van der Waals surface area contributed by atoms with Crippen molar-refractivity contribution in [1.29, 1.82) is 0 Å². The van der Waals surface area contributed by atoms with Crippen LogP contribution in [0, 0.1) is 5.92 Å². The lowest BCUT2D eigenvalue weighted by molar-refractivity contribution is -0.0282. The monoisotopic (exact) mass is 177 g/mol. The normalized spacial score (nSPS) is 48.2. The van der Waals surface area contributed by atoms with Crippen LogP contribution in [0.15, 0.2) is 0 Å². The van der Waals surface area contributed by atoms with Crippen molar-refractivity contribution in [2.45, 2.75) is 30.8 Å². The van der Waals surface area contributed by atoms with E-state index in [4.69, 9.17) is 10.8 Å². The molecule has 1 aliphatic rings. The van der Waals surface area contributed by atoms with Crippen molar-refractivity contribution in [1.82, 2.24) is 0 Å². The van der Waals surface area contributed by atoms with Gasteiger partial charge in [0.25, 0.3) is 0 Å². The first kappa shape index (κ1) is 9.88. The summed E-state index contributed by atoms with van der Waals surface area (Å²) in [6.45, 7) is -0.102. The molecule has 0 bridgehead atoms. The second-order valence-corrected chi connectivity index (χ2v) is 3.23. The third kappa shape index (κ3) is 1.46. The molecular formula is C7H15NO4. The van der Waals surface area contributed by atoms with Gasteiger partial charge >= 0.3 is 0 Å². The van der Waals surface area contributed by atoms with E-state index < -0.39 is 30.3 Å². The SMILES string of the molecule is N[C@@H]1[C@H](O)[C@H](O)[C@@H](O)[C@H]1CCO. The van der Waals surface area contributed by atoms with Gasteiger partial charge in [0.2, 0.25) is 0 Å². The van der Waals surface area contributed by atoms with Gasteiger partial charge in [0.15, 0.2) is 0 Å². The molecule has 0 unspecified atom stereocenters. The largest absolute Gasteiger partial charge is 0.396 e. The Hall–Kier alpha value is -0.200. The highest BCUT2D eigenvalue weighted by Gasteiger charge is 2.46. The number of hydrogen-bond donors (Lipinski definition) is 5. The van der Waals surface area contributed by atoms with Gasteiger partial charge in [-0.3, -0.25) is 0 Å². The third-order valence-electron chi connectivity index (χ3n) is 2.49. The topological polar surface area (TPSA) is 107 Å². The van der Waals surface area contributed by atoms with E-state index in [1.54, 1.807) is 0 Å². The van der Waals surface area contributed by atoms with Gasteiger partial charge in [-0.2, -0.15) is 0 Å². The van der Waals surface area contributed by atoms with Crippen molar-refractivity contribution in [3.63, 3.8) is 0 Å². The van der Waals surface area contributed by atoms with Gasteiger partial charge in [-0.1, -0.05) is 0 Å². The molecule has 1 saturated carbocycles. The number of nitrogens with two attached hydrogens (primary N) is 1. The molecule has 5 heteroatoms. The van der Waals surface area contributed by atoms with Crippen LogP contribution in [0.4, 0.5) is 0 Å². The van der Waals surface area contributed by atoms with Crippen LogP contribution < -0.4 is 5.73 Å². The van der Waals surface area contributed by atoms with Gasteiger partial charge < -0.3 is 26.2 Å². The summed E-state index contributed by atoms with van der Waals surface area (Å²) in [5.74, 6) is -0.417. The lowest BCUT2D eigenvalue weighted by atomic mass is 9.98. The Morgan fingerprint density at radius 2 is 1.58 bits per heavy atom. The van der Waals surface area contributed by atoms with Crippen LogP contribution in [0.25, 0.3) is 0 Å².